The fraction of sp³-hybridized carbons (Fsp3) is 0.875. The van der Waals surface area contributed by atoms with E-state index in [4.69, 9.17) is 9.47 Å². The molecule has 0 saturated carbocycles. The molecule has 0 spiro atoms. The van der Waals surface area contributed by atoms with Crippen LogP contribution >= 0.6 is 0 Å². The molecule has 0 aliphatic heterocycles. The van der Waals surface area contributed by atoms with Gasteiger partial charge in [0.25, 0.3) is 0 Å². The van der Waals surface area contributed by atoms with Gasteiger partial charge in [-0.3, -0.25) is 0 Å². The van der Waals surface area contributed by atoms with Crippen LogP contribution in [-0.4, -0.2) is 31.3 Å². The first-order chi connectivity index (χ1) is 9.88. The predicted octanol–water partition coefficient (Wildman–Crippen LogP) is 3.52. The Morgan fingerprint density at radius 2 is 1.67 bits per heavy atom. The normalized spacial score (nSPS) is 12.3. The number of amides is 1. The van der Waals surface area contributed by atoms with Crippen LogP contribution in [0.3, 0.4) is 0 Å². The molecule has 0 radical (unpaired) electrons. The number of unbranched alkanes of at least 4 members (excludes halogenated alkanes) is 3. The van der Waals surface area contributed by atoms with E-state index >= 15 is 0 Å². The molecule has 0 aromatic rings. The number of rotatable bonds is 10. The zero-order valence-corrected chi connectivity index (χ0v) is 14.1. The Hall–Kier alpha value is -1.26. The molecule has 5 heteroatoms. The third-order valence-electron chi connectivity index (χ3n) is 2.98. The van der Waals surface area contributed by atoms with Gasteiger partial charge in [0, 0.05) is 0 Å². The first kappa shape index (κ1) is 19.7. The molecule has 0 rings (SSSR count). The average molecular weight is 301 g/mol. The summed E-state index contributed by atoms with van der Waals surface area (Å²) in [6.07, 6.45) is 3.64. The Kier molecular flexibility index (Phi) is 10.7. The Bertz CT molecular complexity index is 303. The number of alkyl carbamates (subject to hydrolysis) is 1. The van der Waals surface area contributed by atoms with E-state index in [2.05, 4.69) is 12.2 Å². The van der Waals surface area contributed by atoms with Crippen LogP contribution in [-0.2, 0) is 14.3 Å². The van der Waals surface area contributed by atoms with Crippen LogP contribution in [0.5, 0.6) is 0 Å². The Morgan fingerprint density at radius 3 is 2.19 bits per heavy atom. The maximum atomic E-state index is 12.0. The minimum Gasteiger partial charge on any atom is -0.464 e. The summed E-state index contributed by atoms with van der Waals surface area (Å²) in [4.78, 5) is 23.6. The summed E-state index contributed by atoms with van der Waals surface area (Å²) in [6.45, 7) is 10.5. The van der Waals surface area contributed by atoms with Crippen LogP contribution in [0.25, 0.3) is 0 Å². The molecule has 0 fully saturated rings. The van der Waals surface area contributed by atoms with Gasteiger partial charge >= 0.3 is 12.1 Å². The molecule has 0 aromatic heterocycles. The topological polar surface area (TPSA) is 64.6 Å². The molecule has 1 amide bonds. The van der Waals surface area contributed by atoms with Crippen LogP contribution < -0.4 is 5.32 Å². The van der Waals surface area contributed by atoms with Gasteiger partial charge in [-0.1, -0.05) is 53.9 Å². The molecule has 0 bridgehead atoms. The molecule has 5 nitrogen and oxygen atoms in total. The van der Waals surface area contributed by atoms with Gasteiger partial charge in [0.05, 0.1) is 13.2 Å². The first-order valence-electron chi connectivity index (χ1n) is 7.98. The number of hydrogen-bond acceptors (Lipinski definition) is 4. The zero-order valence-electron chi connectivity index (χ0n) is 14.1. The lowest BCUT2D eigenvalue weighted by molar-refractivity contribution is -0.147. The highest BCUT2D eigenvalue weighted by Gasteiger charge is 2.26. The number of carbonyl (C=O) groups is 2. The number of nitrogens with one attached hydrogen (secondary N) is 1. The highest BCUT2D eigenvalue weighted by molar-refractivity contribution is 5.81. The van der Waals surface area contributed by atoms with Crippen molar-refractivity contribution in [1.29, 1.82) is 0 Å². The SMILES string of the molecule is CCCCCCOC(=O)C(NC(=O)OCC(C)C)C(C)C. The molecule has 21 heavy (non-hydrogen) atoms. The van der Waals surface area contributed by atoms with Crippen LogP contribution in [0.15, 0.2) is 0 Å². The summed E-state index contributed by atoms with van der Waals surface area (Å²) in [5.74, 6) is -0.165. The van der Waals surface area contributed by atoms with Gasteiger partial charge in [-0.15, -0.1) is 0 Å². The number of esters is 1. The molecule has 124 valence electrons. The molecule has 0 saturated heterocycles. The van der Waals surface area contributed by atoms with Crippen molar-refractivity contribution in [2.24, 2.45) is 11.8 Å². The average Bonchev–Trinajstić information content (AvgIpc) is 2.41. The lowest BCUT2D eigenvalue weighted by Crippen LogP contribution is -2.45. The number of hydrogen-bond donors (Lipinski definition) is 1. The van der Waals surface area contributed by atoms with E-state index in [0.717, 1.165) is 25.7 Å². The lowest BCUT2D eigenvalue weighted by Gasteiger charge is -2.21. The van der Waals surface area contributed by atoms with E-state index in [9.17, 15) is 9.59 Å². The molecular formula is C16H31NO4. The van der Waals surface area contributed by atoms with Gasteiger partial charge in [0.1, 0.15) is 6.04 Å². The van der Waals surface area contributed by atoms with Crippen molar-refractivity contribution in [3.05, 3.63) is 0 Å². The Balaban J connectivity index is 4.15. The van der Waals surface area contributed by atoms with E-state index in [1.165, 1.54) is 0 Å². The van der Waals surface area contributed by atoms with Crippen molar-refractivity contribution in [2.45, 2.75) is 66.3 Å². The van der Waals surface area contributed by atoms with Crippen LogP contribution in [0.1, 0.15) is 60.3 Å². The smallest absolute Gasteiger partial charge is 0.407 e. The van der Waals surface area contributed by atoms with Gasteiger partial charge in [-0.2, -0.15) is 0 Å². The van der Waals surface area contributed by atoms with Gasteiger partial charge in [-0.05, 0) is 18.3 Å². The number of ether oxygens (including phenoxy) is 2. The van der Waals surface area contributed by atoms with E-state index in [1.807, 2.05) is 27.7 Å². The second-order valence-electron chi connectivity index (χ2n) is 6.09. The third-order valence-corrected chi connectivity index (χ3v) is 2.98. The van der Waals surface area contributed by atoms with E-state index in [1.54, 1.807) is 0 Å². The molecule has 0 aliphatic rings. The van der Waals surface area contributed by atoms with Crippen molar-refractivity contribution < 1.29 is 19.1 Å². The third kappa shape index (κ3) is 10.2. The molecule has 0 heterocycles. The summed E-state index contributed by atoms with van der Waals surface area (Å²) < 4.78 is 10.3. The van der Waals surface area contributed by atoms with E-state index in [-0.39, 0.29) is 17.8 Å². The molecule has 0 aliphatic carbocycles. The predicted molar refractivity (Wildman–Crippen MR) is 83.0 cm³/mol. The van der Waals surface area contributed by atoms with Crippen molar-refractivity contribution in [1.82, 2.24) is 5.32 Å². The van der Waals surface area contributed by atoms with E-state index in [0.29, 0.717) is 13.2 Å². The Labute approximate surface area is 128 Å². The van der Waals surface area contributed by atoms with Crippen molar-refractivity contribution in [3.8, 4) is 0 Å². The summed E-state index contributed by atoms with van der Waals surface area (Å²) in [6, 6.07) is -0.657. The molecule has 0 aromatic carbocycles. The second-order valence-corrected chi connectivity index (χ2v) is 6.09. The van der Waals surface area contributed by atoms with Crippen molar-refractivity contribution >= 4 is 12.1 Å². The highest BCUT2D eigenvalue weighted by Crippen LogP contribution is 2.06. The second kappa shape index (κ2) is 11.4. The molecule has 1 atom stereocenters. The van der Waals surface area contributed by atoms with Crippen molar-refractivity contribution in [2.75, 3.05) is 13.2 Å². The maximum Gasteiger partial charge on any atom is 0.407 e. The first-order valence-corrected chi connectivity index (χ1v) is 7.98. The standard InChI is InChI=1S/C16H31NO4/c1-6-7-8-9-10-20-15(18)14(13(4)5)17-16(19)21-11-12(2)3/h12-14H,6-11H2,1-5H3,(H,17,19). The van der Waals surface area contributed by atoms with Gasteiger partial charge < -0.3 is 14.8 Å². The Morgan fingerprint density at radius 1 is 1.00 bits per heavy atom. The van der Waals surface area contributed by atoms with Crippen LogP contribution in [0, 0.1) is 11.8 Å². The van der Waals surface area contributed by atoms with Gasteiger partial charge in [0.2, 0.25) is 0 Å². The van der Waals surface area contributed by atoms with Crippen LogP contribution in [0.4, 0.5) is 4.79 Å². The fourth-order valence-corrected chi connectivity index (χ4v) is 1.70. The maximum absolute atomic E-state index is 12.0. The summed E-state index contributed by atoms with van der Waals surface area (Å²) >= 11 is 0. The monoisotopic (exact) mass is 301 g/mol. The van der Waals surface area contributed by atoms with Gasteiger partial charge in [0.15, 0.2) is 0 Å². The summed E-state index contributed by atoms with van der Waals surface area (Å²) in [5.41, 5.74) is 0. The summed E-state index contributed by atoms with van der Waals surface area (Å²) in [7, 11) is 0. The largest absolute Gasteiger partial charge is 0.464 e. The molecular weight excluding hydrogens is 270 g/mol. The van der Waals surface area contributed by atoms with E-state index < -0.39 is 12.1 Å². The number of carbonyl (C=O) groups excluding carboxylic acids is 2. The lowest BCUT2D eigenvalue weighted by atomic mass is 10.1. The van der Waals surface area contributed by atoms with Crippen LogP contribution in [0.2, 0.25) is 0 Å². The minimum atomic E-state index is -0.657. The highest BCUT2D eigenvalue weighted by atomic mass is 16.6. The molecule has 1 unspecified atom stereocenters. The van der Waals surface area contributed by atoms with Crippen molar-refractivity contribution in [3.63, 3.8) is 0 Å². The zero-order chi connectivity index (χ0) is 16.3. The van der Waals surface area contributed by atoms with Gasteiger partial charge in [-0.25, -0.2) is 9.59 Å². The summed E-state index contributed by atoms with van der Waals surface area (Å²) in [5, 5.41) is 2.59. The molecule has 1 N–H and O–H groups in total. The fourth-order valence-electron chi connectivity index (χ4n) is 1.70. The minimum absolute atomic E-state index is 0.0419. The quantitative estimate of drug-likeness (QED) is 0.495.